The molecule has 136 valence electrons. The number of benzene rings is 2. The van der Waals surface area contributed by atoms with E-state index in [0.717, 1.165) is 16.7 Å². The highest BCUT2D eigenvalue weighted by Crippen LogP contribution is 2.37. The highest BCUT2D eigenvalue weighted by Gasteiger charge is 2.26. The van der Waals surface area contributed by atoms with Gasteiger partial charge in [-0.25, -0.2) is 0 Å². The summed E-state index contributed by atoms with van der Waals surface area (Å²) in [6.45, 7) is 4.13. The highest BCUT2D eigenvalue weighted by molar-refractivity contribution is 6.15. The van der Waals surface area contributed by atoms with Gasteiger partial charge in [0.25, 0.3) is 0 Å². The Labute approximate surface area is 153 Å². The molecule has 2 aromatic rings. The Hall–Kier alpha value is -2.95. The molecule has 5 nitrogen and oxygen atoms in total. The van der Waals surface area contributed by atoms with Crippen LogP contribution in [0, 0.1) is 13.8 Å². The summed E-state index contributed by atoms with van der Waals surface area (Å²) < 4.78 is 21.9. The molecule has 0 fully saturated rings. The molecule has 3 rings (SSSR count). The summed E-state index contributed by atoms with van der Waals surface area (Å²) in [5.41, 5.74) is 3.89. The van der Waals surface area contributed by atoms with Crippen molar-refractivity contribution in [3.8, 4) is 23.0 Å². The molecule has 0 radical (unpaired) electrons. The lowest BCUT2D eigenvalue weighted by molar-refractivity contribution is 0.1000. The summed E-state index contributed by atoms with van der Waals surface area (Å²) in [6.07, 6.45) is 1.78. The van der Waals surface area contributed by atoms with Gasteiger partial charge in [0.05, 0.1) is 26.9 Å². The lowest BCUT2D eigenvalue weighted by Gasteiger charge is -2.21. The van der Waals surface area contributed by atoms with Crippen molar-refractivity contribution in [2.75, 3.05) is 27.9 Å². The Morgan fingerprint density at radius 1 is 0.923 bits per heavy atom. The summed E-state index contributed by atoms with van der Waals surface area (Å²) in [7, 11) is 4.71. The molecule has 1 heterocycles. The van der Waals surface area contributed by atoms with E-state index in [9.17, 15) is 4.79 Å². The summed E-state index contributed by atoms with van der Waals surface area (Å²) in [5.74, 6) is 2.34. The Kier molecular flexibility index (Phi) is 4.89. The van der Waals surface area contributed by atoms with Crippen LogP contribution in [-0.2, 0) is 0 Å². The van der Waals surface area contributed by atoms with Crippen LogP contribution in [0.15, 0.2) is 29.8 Å². The predicted molar refractivity (Wildman–Crippen MR) is 99.8 cm³/mol. The minimum atomic E-state index is -0.0272. The Balaban J connectivity index is 2.07. The standard InChI is InChI=1S/C21H22O5/c1-12-6-13(2)20-19(7-12)26-11-15(21(20)22)8-14-9-17(24-4)18(25-5)10-16(14)23-3/h6-10H,11H2,1-5H3/b15-8+. The fourth-order valence-corrected chi connectivity index (χ4v) is 3.18. The smallest absolute Gasteiger partial charge is 0.196 e. The van der Waals surface area contributed by atoms with E-state index in [-0.39, 0.29) is 12.4 Å². The molecule has 0 N–H and O–H groups in total. The molecular weight excluding hydrogens is 332 g/mol. The molecule has 0 saturated heterocycles. The van der Waals surface area contributed by atoms with Crippen molar-refractivity contribution in [1.29, 1.82) is 0 Å². The third-order valence-corrected chi connectivity index (χ3v) is 4.41. The number of rotatable bonds is 4. The van der Waals surface area contributed by atoms with Gasteiger partial charge in [0.15, 0.2) is 17.3 Å². The topological polar surface area (TPSA) is 54.0 Å². The molecule has 26 heavy (non-hydrogen) atoms. The average molecular weight is 354 g/mol. The van der Waals surface area contributed by atoms with Gasteiger partial charge in [-0.1, -0.05) is 6.07 Å². The molecule has 0 aliphatic carbocycles. The molecule has 0 aromatic heterocycles. The SMILES string of the molecule is COc1cc(OC)c(OC)cc1/C=C1\COc2cc(C)cc(C)c2C1=O. The first kappa shape index (κ1) is 17.9. The Bertz CT molecular complexity index is 896. The quantitative estimate of drug-likeness (QED) is 0.777. The normalized spacial score (nSPS) is 14.7. The van der Waals surface area contributed by atoms with E-state index in [1.165, 1.54) is 0 Å². The second-order valence-corrected chi connectivity index (χ2v) is 6.19. The van der Waals surface area contributed by atoms with E-state index >= 15 is 0 Å². The van der Waals surface area contributed by atoms with Gasteiger partial charge in [-0.3, -0.25) is 4.79 Å². The Morgan fingerprint density at radius 3 is 2.23 bits per heavy atom. The van der Waals surface area contributed by atoms with Crippen molar-refractivity contribution < 1.29 is 23.7 Å². The number of aryl methyl sites for hydroxylation is 2. The van der Waals surface area contributed by atoms with Crippen molar-refractivity contribution in [2.45, 2.75) is 13.8 Å². The molecule has 1 aliphatic heterocycles. The van der Waals surface area contributed by atoms with Crippen molar-refractivity contribution >= 4 is 11.9 Å². The van der Waals surface area contributed by atoms with Gasteiger partial charge in [-0.2, -0.15) is 0 Å². The lowest BCUT2D eigenvalue weighted by atomic mass is 9.93. The second kappa shape index (κ2) is 7.12. The number of fused-ring (bicyclic) bond motifs is 1. The number of carbonyl (C=O) groups is 1. The van der Waals surface area contributed by atoms with E-state index in [4.69, 9.17) is 18.9 Å². The molecule has 0 amide bonds. The summed E-state index contributed by atoms with van der Waals surface area (Å²) in [4.78, 5) is 13.0. The molecular formula is C21H22O5. The van der Waals surface area contributed by atoms with Gasteiger partial charge in [-0.15, -0.1) is 0 Å². The van der Waals surface area contributed by atoms with Gasteiger partial charge >= 0.3 is 0 Å². The van der Waals surface area contributed by atoms with Crippen LogP contribution < -0.4 is 18.9 Å². The van der Waals surface area contributed by atoms with Gasteiger partial charge in [0.2, 0.25) is 0 Å². The minimum absolute atomic E-state index is 0.0272. The van der Waals surface area contributed by atoms with Crippen LogP contribution in [0.4, 0.5) is 0 Å². The first-order chi connectivity index (χ1) is 12.5. The molecule has 0 atom stereocenters. The first-order valence-electron chi connectivity index (χ1n) is 8.27. The van der Waals surface area contributed by atoms with Crippen molar-refractivity contribution in [3.05, 3.63) is 52.1 Å². The van der Waals surface area contributed by atoms with E-state index in [1.54, 1.807) is 39.5 Å². The number of hydrogen-bond acceptors (Lipinski definition) is 5. The maximum Gasteiger partial charge on any atom is 0.196 e. The zero-order valence-corrected chi connectivity index (χ0v) is 15.6. The highest BCUT2D eigenvalue weighted by atomic mass is 16.5. The third kappa shape index (κ3) is 3.12. The van der Waals surface area contributed by atoms with E-state index in [2.05, 4.69) is 0 Å². The number of hydrogen-bond donors (Lipinski definition) is 0. The average Bonchev–Trinajstić information content (AvgIpc) is 2.62. The maximum absolute atomic E-state index is 13.0. The summed E-state index contributed by atoms with van der Waals surface area (Å²) in [5, 5.41) is 0. The van der Waals surface area contributed by atoms with Crippen molar-refractivity contribution in [1.82, 2.24) is 0 Å². The molecule has 0 bridgehead atoms. The van der Waals surface area contributed by atoms with Crippen LogP contribution in [0.25, 0.3) is 6.08 Å². The van der Waals surface area contributed by atoms with Gasteiger partial charge in [0.1, 0.15) is 18.1 Å². The number of carbonyl (C=O) groups excluding carboxylic acids is 1. The maximum atomic E-state index is 13.0. The zero-order valence-electron chi connectivity index (χ0n) is 15.6. The van der Waals surface area contributed by atoms with Crippen LogP contribution in [-0.4, -0.2) is 33.7 Å². The third-order valence-electron chi connectivity index (χ3n) is 4.41. The predicted octanol–water partition coefficient (Wildman–Crippen LogP) is 3.99. The molecule has 0 spiro atoms. The number of methoxy groups -OCH3 is 3. The van der Waals surface area contributed by atoms with E-state index in [1.807, 2.05) is 26.0 Å². The fraction of sp³-hybridized carbons (Fsp3) is 0.286. The van der Waals surface area contributed by atoms with Gasteiger partial charge < -0.3 is 18.9 Å². The molecule has 0 saturated carbocycles. The molecule has 1 aliphatic rings. The minimum Gasteiger partial charge on any atom is -0.496 e. The number of ether oxygens (including phenoxy) is 4. The van der Waals surface area contributed by atoms with Crippen LogP contribution in [0.3, 0.4) is 0 Å². The monoisotopic (exact) mass is 354 g/mol. The molecule has 0 unspecified atom stereocenters. The number of Topliss-reactive ketones (excluding diaryl/α,β-unsaturated/α-hetero) is 1. The van der Waals surface area contributed by atoms with Gasteiger partial charge in [-0.05, 0) is 43.2 Å². The van der Waals surface area contributed by atoms with Crippen LogP contribution >= 0.6 is 0 Å². The first-order valence-corrected chi connectivity index (χ1v) is 8.27. The molecule has 5 heteroatoms. The lowest BCUT2D eigenvalue weighted by Crippen LogP contribution is -2.20. The van der Waals surface area contributed by atoms with Gasteiger partial charge in [0, 0.05) is 17.2 Å². The largest absolute Gasteiger partial charge is 0.496 e. The van der Waals surface area contributed by atoms with Crippen LogP contribution in [0.2, 0.25) is 0 Å². The second-order valence-electron chi connectivity index (χ2n) is 6.19. The fourth-order valence-electron chi connectivity index (χ4n) is 3.18. The van der Waals surface area contributed by atoms with E-state index < -0.39 is 0 Å². The van der Waals surface area contributed by atoms with Crippen molar-refractivity contribution in [2.24, 2.45) is 0 Å². The Morgan fingerprint density at radius 2 is 1.58 bits per heavy atom. The zero-order chi connectivity index (χ0) is 18.8. The van der Waals surface area contributed by atoms with E-state index in [0.29, 0.717) is 34.1 Å². The summed E-state index contributed by atoms with van der Waals surface area (Å²) >= 11 is 0. The summed E-state index contributed by atoms with van der Waals surface area (Å²) in [6, 6.07) is 7.41. The molecule has 2 aromatic carbocycles. The van der Waals surface area contributed by atoms with Crippen LogP contribution in [0.1, 0.15) is 27.0 Å². The number of ketones is 1. The van der Waals surface area contributed by atoms with Crippen LogP contribution in [0.5, 0.6) is 23.0 Å². The van der Waals surface area contributed by atoms with Crippen molar-refractivity contribution in [3.63, 3.8) is 0 Å².